The minimum absolute atomic E-state index is 0.234. The third-order valence-corrected chi connectivity index (χ3v) is 6.89. The second-order valence-corrected chi connectivity index (χ2v) is 8.39. The van der Waals surface area contributed by atoms with Crippen LogP contribution in [-0.2, 0) is 9.84 Å². The van der Waals surface area contributed by atoms with Crippen molar-refractivity contribution in [3.05, 3.63) is 35.4 Å². The highest BCUT2D eigenvalue weighted by Crippen LogP contribution is 2.40. The molecule has 124 valence electrons. The molecule has 0 amide bonds. The Balaban J connectivity index is 2.09. The molecule has 0 spiro atoms. The Morgan fingerprint density at radius 2 is 1.74 bits per heavy atom. The van der Waals surface area contributed by atoms with Gasteiger partial charge in [-0.1, -0.05) is 43.0 Å². The number of para-hydroxylation sites is 1. The molecule has 7 heteroatoms. The van der Waals surface area contributed by atoms with Crippen molar-refractivity contribution in [3.8, 4) is 17.4 Å². The molecule has 0 atom stereocenters. The normalized spacial score (nSPS) is 16.6. The van der Waals surface area contributed by atoms with Gasteiger partial charge in [0, 0.05) is 6.07 Å². The van der Waals surface area contributed by atoms with Crippen molar-refractivity contribution in [2.24, 2.45) is 0 Å². The Morgan fingerprint density at radius 1 is 1.09 bits per heavy atom. The van der Waals surface area contributed by atoms with Gasteiger partial charge in [0.1, 0.15) is 4.90 Å². The summed E-state index contributed by atoms with van der Waals surface area (Å²) in [4.78, 5) is -0.234. The molecule has 23 heavy (non-hydrogen) atoms. The topological polar surface area (TPSA) is 79.5 Å². The number of sulfone groups is 1. The van der Waals surface area contributed by atoms with Crippen LogP contribution in [0.2, 0.25) is 5.02 Å². The first-order valence-electron chi connectivity index (χ1n) is 7.55. The largest absolute Gasteiger partial charge is 0.494 e. The quantitative estimate of drug-likeness (QED) is 0.880. The maximum absolute atomic E-state index is 12.8. The van der Waals surface area contributed by atoms with Crippen molar-refractivity contribution in [2.45, 2.75) is 42.2 Å². The lowest BCUT2D eigenvalue weighted by atomic mass is 10.0. The Bertz CT molecular complexity index is 823. The summed E-state index contributed by atoms with van der Waals surface area (Å²) in [5, 5.41) is 20.3. The lowest BCUT2D eigenvalue weighted by molar-refractivity contribution is 0.397. The molecule has 0 saturated heterocycles. The molecule has 1 saturated carbocycles. The molecule has 1 heterocycles. The van der Waals surface area contributed by atoms with Crippen LogP contribution in [0.1, 0.15) is 32.1 Å². The predicted molar refractivity (Wildman–Crippen MR) is 88.2 cm³/mol. The van der Waals surface area contributed by atoms with E-state index in [1.807, 2.05) is 0 Å². The van der Waals surface area contributed by atoms with Crippen LogP contribution in [0.15, 0.2) is 35.2 Å². The van der Waals surface area contributed by atoms with Crippen molar-refractivity contribution < 1.29 is 18.6 Å². The van der Waals surface area contributed by atoms with Crippen molar-refractivity contribution in [3.63, 3.8) is 0 Å². The molecule has 0 bridgehead atoms. The fourth-order valence-corrected chi connectivity index (χ4v) is 5.25. The minimum atomic E-state index is -3.69. The van der Waals surface area contributed by atoms with E-state index < -0.39 is 21.0 Å². The van der Waals surface area contributed by atoms with E-state index in [0.29, 0.717) is 23.6 Å². The zero-order valence-corrected chi connectivity index (χ0v) is 14.0. The SMILES string of the molecule is O=S(=O)(c1cc(O)n(-c2ccccc2Cl)c1O)C1CCCCC1. The second kappa shape index (κ2) is 6.09. The van der Waals surface area contributed by atoms with E-state index in [2.05, 4.69) is 0 Å². The first-order chi connectivity index (χ1) is 10.9. The van der Waals surface area contributed by atoms with Crippen LogP contribution in [0.4, 0.5) is 0 Å². The number of aromatic hydroxyl groups is 2. The van der Waals surface area contributed by atoms with Crippen LogP contribution in [-0.4, -0.2) is 28.4 Å². The molecule has 1 aliphatic rings. The van der Waals surface area contributed by atoms with Crippen LogP contribution in [0, 0.1) is 0 Å². The zero-order valence-electron chi connectivity index (χ0n) is 12.4. The van der Waals surface area contributed by atoms with Crippen molar-refractivity contribution in [1.29, 1.82) is 0 Å². The summed E-state index contributed by atoms with van der Waals surface area (Å²) in [6.45, 7) is 0. The summed E-state index contributed by atoms with van der Waals surface area (Å²) < 4.78 is 26.6. The highest BCUT2D eigenvalue weighted by molar-refractivity contribution is 7.92. The smallest absolute Gasteiger partial charge is 0.218 e. The number of hydrogen-bond acceptors (Lipinski definition) is 4. The van der Waals surface area contributed by atoms with Crippen LogP contribution < -0.4 is 0 Å². The van der Waals surface area contributed by atoms with E-state index in [9.17, 15) is 18.6 Å². The summed E-state index contributed by atoms with van der Waals surface area (Å²) >= 11 is 6.08. The van der Waals surface area contributed by atoms with Crippen LogP contribution in [0.3, 0.4) is 0 Å². The molecule has 2 N–H and O–H groups in total. The Labute approximate surface area is 140 Å². The van der Waals surface area contributed by atoms with E-state index >= 15 is 0 Å². The number of halogens is 1. The molecule has 0 unspecified atom stereocenters. The van der Waals surface area contributed by atoms with Crippen molar-refractivity contribution >= 4 is 21.4 Å². The molecule has 3 rings (SSSR count). The summed E-state index contributed by atoms with van der Waals surface area (Å²) in [5.41, 5.74) is 0.328. The third kappa shape index (κ3) is 2.81. The highest BCUT2D eigenvalue weighted by atomic mass is 35.5. The van der Waals surface area contributed by atoms with Crippen molar-refractivity contribution in [1.82, 2.24) is 4.57 Å². The summed E-state index contributed by atoms with van der Waals surface area (Å²) in [5.74, 6) is -0.855. The van der Waals surface area contributed by atoms with Gasteiger partial charge in [-0.05, 0) is 25.0 Å². The van der Waals surface area contributed by atoms with Gasteiger partial charge in [-0.15, -0.1) is 0 Å². The monoisotopic (exact) mass is 355 g/mol. The van der Waals surface area contributed by atoms with Crippen LogP contribution in [0.25, 0.3) is 5.69 Å². The number of nitrogens with zero attached hydrogens (tertiary/aromatic N) is 1. The summed E-state index contributed by atoms with van der Waals surface area (Å²) in [6.07, 6.45) is 3.92. The van der Waals surface area contributed by atoms with E-state index in [-0.39, 0.29) is 10.8 Å². The Kier molecular flexibility index (Phi) is 4.29. The van der Waals surface area contributed by atoms with Crippen LogP contribution in [0.5, 0.6) is 11.8 Å². The lowest BCUT2D eigenvalue weighted by Crippen LogP contribution is -2.23. The van der Waals surface area contributed by atoms with Gasteiger partial charge in [-0.25, -0.2) is 13.0 Å². The van der Waals surface area contributed by atoms with Gasteiger partial charge < -0.3 is 10.2 Å². The average molecular weight is 356 g/mol. The first kappa shape index (κ1) is 16.2. The maximum atomic E-state index is 12.8. The number of benzene rings is 1. The molecular formula is C16H18ClNO4S. The molecule has 0 aliphatic heterocycles. The standard InChI is InChI=1S/C16H18ClNO4S/c17-12-8-4-5-9-13(12)18-15(19)10-14(16(18)20)23(21,22)11-6-2-1-3-7-11/h4-5,8-11,19-20H,1-3,6-7H2. The number of hydrogen-bond donors (Lipinski definition) is 2. The van der Waals surface area contributed by atoms with Gasteiger partial charge in [-0.3, -0.25) is 0 Å². The molecule has 1 aliphatic carbocycles. The molecule has 0 radical (unpaired) electrons. The summed E-state index contributed by atoms with van der Waals surface area (Å²) in [6, 6.07) is 7.70. The molecule has 2 aromatic rings. The zero-order chi connectivity index (χ0) is 16.6. The van der Waals surface area contributed by atoms with E-state index in [1.54, 1.807) is 24.3 Å². The molecule has 5 nitrogen and oxygen atoms in total. The Morgan fingerprint density at radius 3 is 2.39 bits per heavy atom. The Hall–Kier alpha value is -1.66. The first-order valence-corrected chi connectivity index (χ1v) is 9.48. The van der Waals surface area contributed by atoms with Crippen molar-refractivity contribution in [2.75, 3.05) is 0 Å². The third-order valence-electron chi connectivity index (χ3n) is 4.31. The van der Waals surface area contributed by atoms with Crippen LogP contribution >= 0.6 is 11.6 Å². The maximum Gasteiger partial charge on any atom is 0.218 e. The van der Waals surface area contributed by atoms with Gasteiger partial charge in [0.05, 0.1) is 16.0 Å². The van der Waals surface area contributed by atoms with Gasteiger partial charge in [-0.2, -0.15) is 0 Å². The van der Waals surface area contributed by atoms with E-state index in [1.165, 1.54) is 0 Å². The fraction of sp³-hybridized carbons (Fsp3) is 0.375. The lowest BCUT2D eigenvalue weighted by Gasteiger charge is -2.21. The van der Waals surface area contributed by atoms with Gasteiger partial charge in [0.25, 0.3) is 0 Å². The number of aromatic nitrogens is 1. The average Bonchev–Trinajstić information content (AvgIpc) is 2.84. The highest BCUT2D eigenvalue weighted by Gasteiger charge is 2.34. The molecule has 1 fully saturated rings. The van der Waals surface area contributed by atoms with E-state index in [0.717, 1.165) is 29.9 Å². The molecule has 1 aromatic carbocycles. The number of rotatable bonds is 3. The summed E-state index contributed by atoms with van der Waals surface area (Å²) in [7, 11) is -3.69. The fourth-order valence-electron chi connectivity index (χ4n) is 3.10. The second-order valence-electron chi connectivity index (χ2n) is 5.78. The molecule has 1 aromatic heterocycles. The van der Waals surface area contributed by atoms with Gasteiger partial charge in [0.2, 0.25) is 5.88 Å². The molecular weight excluding hydrogens is 338 g/mol. The van der Waals surface area contributed by atoms with Gasteiger partial charge >= 0.3 is 0 Å². The minimum Gasteiger partial charge on any atom is -0.494 e. The predicted octanol–water partition coefficient (Wildman–Crippen LogP) is 3.65. The van der Waals surface area contributed by atoms with Gasteiger partial charge in [0.15, 0.2) is 15.7 Å². The van der Waals surface area contributed by atoms with E-state index in [4.69, 9.17) is 11.6 Å².